The Morgan fingerprint density at radius 3 is 2.61 bits per heavy atom. The second-order valence-electron chi connectivity index (χ2n) is 4.93. The predicted octanol–water partition coefficient (Wildman–Crippen LogP) is 2.76. The third-order valence-corrected chi connectivity index (χ3v) is 3.89. The van der Waals surface area contributed by atoms with E-state index in [2.05, 4.69) is 29.8 Å². The normalized spacial score (nSPS) is 24.9. The zero-order valence-electron chi connectivity index (χ0n) is 10.8. The zero-order valence-corrected chi connectivity index (χ0v) is 11.6. The number of hydrogen-bond acceptors (Lipinski definition) is 3. The Labute approximate surface area is 114 Å². The van der Waals surface area contributed by atoms with Crippen LogP contribution >= 0.6 is 11.6 Å². The SMILES string of the molecule is CC1CN(c2ccc(Cl)cc2)C(CC#N)CN1C. The molecule has 2 rings (SSSR count). The second kappa shape index (κ2) is 5.60. The van der Waals surface area contributed by atoms with E-state index < -0.39 is 0 Å². The Kier molecular flexibility index (Phi) is 4.11. The Bertz CT molecular complexity index is 437. The number of anilines is 1. The number of hydrogen-bond donors (Lipinski definition) is 0. The lowest BCUT2D eigenvalue weighted by atomic mass is 10.0. The summed E-state index contributed by atoms with van der Waals surface area (Å²) in [4.78, 5) is 4.64. The summed E-state index contributed by atoms with van der Waals surface area (Å²) >= 11 is 5.92. The molecule has 0 N–H and O–H groups in total. The van der Waals surface area contributed by atoms with Crippen LogP contribution in [0.1, 0.15) is 13.3 Å². The second-order valence-corrected chi connectivity index (χ2v) is 5.37. The minimum absolute atomic E-state index is 0.261. The quantitative estimate of drug-likeness (QED) is 0.822. The highest BCUT2D eigenvalue weighted by Gasteiger charge is 2.29. The molecule has 18 heavy (non-hydrogen) atoms. The van der Waals surface area contributed by atoms with Crippen LogP contribution in [0.5, 0.6) is 0 Å². The summed E-state index contributed by atoms with van der Waals surface area (Å²) in [6, 6.07) is 10.9. The van der Waals surface area contributed by atoms with E-state index >= 15 is 0 Å². The molecule has 0 bridgehead atoms. The minimum Gasteiger partial charge on any atom is -0.365 e. The van der Waals surface area contributed by atoms with Gasteiger partial charge in [-0.25, -0.2) is 0 Å². The summed E-state index contributed by atoms with van der Waals surface area (Å²) in [6.07, 6.45) is 0.555. The smallest absolute Gasteiger partial charge is 0.0643 e. The molecule has 1 aromatic carbocycles. The number of nitriles is 1. The van der Waals surface area contributed by atoms with Gasteiger partial charge in [0.2, 0.25) is 0 Å². The van der Waals surface area contributed by atoms with Crippen molar-refractivity contribution >= 4 is 17.3 Å². The molecule has 0 aromatic heterocycles. The summed E-state index contributed by atoms with van der Waals surface area (Å²) in [7, 11) is 2.12. The molecule has 96 valence electrons. The number of nitrogens with zero attached hydrogens (tertiary/aromatic N) is 3. The average molecular weight is 264 g/mol. The highest BCUT2D eigenvalue weighted by Crippen LogP contribution is 2.25. The van der Waals surface area contributed by atoms with Gasteiger partial charge in [0.05, 0.1) is 18.5 Å². The molecule has 0 radical (unpaired) electrons. The topological polar surface area (TPSA) is 30.3 Å². The monoisotopic (exact) mass is 263 g/mol. The average Bonchev–Trinajstić information content (AvgIpc) is 2.35. The largest absolute Gasteiger partial charge is 0.365 e. The van der Waals surface area contributed by atoms with Gasteiger partial charge in [0.1, 0.15) is 0 Å². The molecule has 1 aliphatic rings. The first-order valence-electron chi connectivity index (χ1n) is 6.21. The van der Waals surface area contributed by atoms with Crippen LogP contribution in [0.25, 0.3) is 0 Å². The van der Waals surface area contributed by atoms with Crippen molar-refractivity contribution in [2.45, 2.75) is 25.4 Å². The molecule has 1 heterocycles. The molecular formula is C14H18ClN3. The van der Waals surface area contributed by atoms with Crippen molar-refractivity contribution in [2.75, 3.05) is 25.0 Å². The molecule has 1 aliphatic heterocycles. The van der Waals surface area contributed by atoms with Crippen LogP contribution in [-0.4, -0.2) is 37.1 Å². The van der Waals surface area contributed by atoms with E-state index in [0.29, 0.717) is 12.5 Å². The Morgan fingerprint density at radius 1 is 1.33 bits per heavy atom. The molecule has 1 saturated heterocycles. The van der Waals surface area contributed by atoms with Gasteiger partial charge in [-0.3, -0.25) is 4.90 Å². The van der Waals surface area contributed by atoms with E-state index in [4.69, 9.17) is 16.9 Å². The molecule has 0 spiro atoms. The first-order valence-corrected chi connectivity index (χ1v) is 6.59. The molecule has 4 heteroatoms. The van der Waals surface area contributed by atoms with E-state index in [1.54, 1.807) is 0 Å². The molecule has 0 saturated carbocycles. The molecule has 1 aromatic rings. The maximum Gasteiger partial charge on any atom is 0.0643 e. The molecule has 0 aliphatic carbocycles. The third-order valence-electron chi connectivity index (χ3n) is 3.64. The van der Waals surface area contributed by atoms with Gasteiger partial charge in [-0.15, -0.1) is 0 Å². The molecule has 1 fully saturated rings. The van der Waals surface area contributed by atoms with Crippen LogP contribution in [0.3, 0.4) is 0 Å². The van der Waals surface area contributed by atoms with Gasteiger partial charge in [0.25, 0.3) is 0 Å². The van der Waals surface area contributed by atoms with Gasteiger partial charge in [-0.1, -0.05) is 11.6 Å². The van der Waals surface area contributed by atoms with Gasteiger partial charge in [-0.2, -0.15) is 5.26 Å². The van der Waals surface area contributed by atoms with E-state index in [0.717, 1.165) is 23.8 Å². The summed E-state index contributed by atoms with van der Waals surface area (Å²) in [5.74, 6) is 0. The van der Waals surface area contributed by atoms with Crippen LogP contribution in [0.15, 0.2) is 24.3 Å². The predicted molar refractivity (Wildman–Crippen MR) is 74.9 cm³/mol. The van der Waals surface area contributed by atoms with Crippen molar-refractivity contribution in [3.63, 3.8) is 0 Å². The van der Waals surface area contributed by atoms with Gasteiger partial charge in [0.15, 0.2) is 0 Å². The standard InChI is InChI=1S/C14H18ClN3/c1-11-9-18(13-5-3-12(15)4-6-13)14(7-8-16)10-17(11)2/h3-6,11,14H,7,9-10H2,1-2H3. The van der Waals surface area contributed by atoms with Crippen molar-refractivity contribution in [2.24, 2.45) is 0 Å². The van der Waals surface area contributed by atoms with Crippen molar-refractivity contribution in [3.8, 4) is 6.07 Å². The van der Waals surface area contributed by atoms with E-state index in [9.17, 15) is 0 Å². The van der Waals surface area contributed by atoms with Gasteiger partial charge in [-0.05, 0) is 38.2 Å². The molecule has 3 nitrogen and oxygen atoms in total. The van der Waals surface area contributed by atoms with Gasteiger partial charge < -0.3 is 4.90 Å². The lowest BCUT2D eigenvalue weighted by molar-refractivity contribution is 0.201. The lowest BCUT2D eigenvalue weighted by Crippen LogP contribution is -2.56. The maximum absolute atomic E-state index is 8.96. The van der Waals surface area contributed by atoms with Crippen molar-refractivity contribution in [1.29, 1.82) is 5.26 Å². The molecule has 2 unspecified atom stereocenters. The Hall–Kier alpha value is -1.24. The first kappa shape index (κ1) is 13.2. The van der Waals surface area contributed by atoms with Crippen LogP contribution < -0.4 is 4.90 Å². The van der Waals surface area contributed by atoms with Crippen molar-refractivity contribution < 1.29 is 0 Å². The van der Waals surface area contributed by atoms with Gasteiger partial charge in [0, 0.05) is 29.8 Å². The molecule has 0 amide bonds. The van der Waals surface area contributed by atoms with Crippen LogP contribution in [0.4, 0.5) is 5.69 Å². The fraction of sp³-hybridized carbons (Fsp3) is 0.500. The van der Waals surface area contributed by atoms with Crippen molar-refractivity contribution in [1.82, 2.24) is 4.90 Å². The number of likely N-dealkylation sites (N-methyl/N-ethyl adjacent to an activating group) is 1. The van der Waals surface area contributed by atoms with Crippen LogP contribution in [-0.2, 0) is 0 Å². The zero-order chi connectivity index (χ0) is 13.1. The number of rotatable bonds is 2. The van der Waals surface area contributed by atoms with E-state index in [-0.39, 0.29) is 6.04 Å². The lowest BCUT2D eigenvalue weighted by Gasteiger charge is -2.44. The van der Waals surface area contributed by atoms with Crippen molar-refractivity contribution in [3.05, 3.63) is 29.3 Å². The highest BCUT2D eigenvalue weighted by atomic mass is 35.5. The summed E-state index contributed by atoms with van der Waals surface area (Å²) in [5, 5.41) is 9.71. The minimum atomic E-state index is 0.261. The van der Waals surface area contributed by atoms with E-state index in [1.807, 2.05) is 24.3 Å². The van der Waals surface area contributed by atoms with Gasteiger partial charge >= 0.3 is 0 Å². The maximum atomic E-state index is 8.96. The Morgan fingerprint density at radius 2 is 2.00 bits per heavy atom. The fourth-order valence-electron chi connectivity index (χ4n) is 2.41. The summed E-state index contributed by atoms with van der Waals surface area (Å²) in [6.45, 7) is 4.09. The number of halogens is 1. The van der Waals surface area contributed by atoms with Crippen LogP contribution in [0.2, 0.25) is 5.02 Å². The Balaban J connectivity index is 2.22. The molecular weight excluding hydrogens is 246 g/mol. The number of benzene rings is 1. The summed E-state index contributed by atoms with van der Waals surface area (Å²) in [5.41, 5.74) is 1.15. The van der Waals surface area contributed by atoms with Crippen LogP contribution in [0, 0.1) is 11.3 Å². The summed E-state index contributed by atoms with van der Waals surface area (Å²) < 4.78 is 0. The molecule has 2 atom stereocenters. The fourth-order valence-corrected chi connectivity index (χ4v) is 2.54. The first-order chi connectivity index (χ1) is 8.61. The van der Waals surface area contributed by atoms with E-state index in [1.165, 1.54) is 0 Å². The highest BCUT2D eigenvalue weighted by molar-refractivity contribution is 6.30. The third kappa shape index (κ3) is 2.77. The number of piperazine rings is 1.